The van der Waals surface area contributed by atoms with Crippen LogP contribution in [0.25, 0.3) is 0 Å². The van der Waals surface area contributed by atoms with Gasteiger partial charge in [-0.3, -0.25) is 0 Å². The Kier molecular flexibility index (Phi) is 3.52. The third-order valence-corrected chi connectivity index (χ3v) is 10.5. The van der Waals surface area contributed by atoms with Crippen molar-refractivity contribution in [2.24, 2.45) is 17.3 Å². The molecule has 2 spiro atoms. The van der Waals surface area contributed by atoms with E-state index in [4.69, 9.17) is 31.8 Å². The number of cyclic esters (lactones) is 1. The van der Waals surface area contributed by atoms with Gasteiger partial charge in [-0.25, -0.2) is 4.79 Å². The molecule has 0 bridgehead atoms. The number of hydrogen-bond donors (Lipinski definition) is 2. The molecule has 7 rings (SSSR count). The fourth-order valence-corrected chi connectivity index (χ4v) is 8.88. The fourth-order valence-electron chi connectivity index (χ4n) is 8.88. The van der Waals surface area contributed by atoms with E-state index in [9.17, 15) is 15.0 Å². The highest BCUT2D eigenvalue weighted by Gasteiger charge is 3.04. The van der Waals surface area contributed by atoms with E-state index < -0.39 is 40.5 Å². The zero-order valence-corrected chi connectivity index (χ0v) is 18.8. The number of hydrogen-bond acceptors (Lipinski definition) is 7. The van der Waals surface area contributed by atoms with Gasteiger partial charge in [0.2, 0.25) is 0 Å². The Morgan fingerprint density at radius 1 is 1.18 bits per heavy atom. The summed E-state index contributed by atoms with van der Waals surface area (Å²) in [6.45, 7) is 4.38. The molecular formula is C26H28O7. The first-order chi connectivity index (χ1) is 15.7. The van der Waals surface area contributed by atoms with Gasteiger partial charge in [0.05, 0.1) is 12.2 Å². The first-order valence-electron chi connectivity index (χ1n) is 11.9. The van der Waals surface area contributed by atoms with Crippen LogP contribution in [-0.2, 0) is 23.7 Å². The number of aliphatic hydroxyl groups excluding tert-OH is 1. The Morgan fingerprint density at radius 2 is 1.97 bits per heavy atom. The number of rotatable bonds is 4. The summed E-state index contributed by atoms with van der Waals surface area (Å²) in [6.07, 6.45) is 11.7. The maximum absolute atomic E-state index is 12.5. The molecule has 2 saturated carbocycles. The molecule has 11 atom stereocenters. The summed E-state index contributed by atoms with van der Waals surface area (Å²) in [5, 5.41) is 23.3. The van der Waals surface area contributed by atoms with Crippen molar-refractivity contribution in [2.75, 3.05) is 6.61 Å². The lowest BCUT2D eigenvalue weighted by atomic mass is 9.43. The second-order valence-corrected chi connectivity index (χ2v) is 11.2. The van der Waals surface area contributed by atoms with Crippen LogP contribution >= 0.6 is 0 Å². The van der Waals surface area contributed by atoms with Crippen LogP contribution in [0.2, 0.25) is 0 Å². The van der Waals surface area contributed by atoms with Gasteiger partial charge in [-0.15, -0.1) is 24.7 Å². The quantitative estimate of drug-likeness (QED) is 0.370. The normalized spacial score (nSPS) is 55.8. The number of carbonyl (C=O) groups excluding carboxylic acids is 1. The number of fused-ring (bicyclic) bond motifs is 4. The summed E-state index contributed by atoms with van der Waals surface area (Å²) < 4.78 is 24.9. The molecule has 3 saturated heterocycles. The predicted molar refractivity (Wildman–Crippen MR) is 113 cm³/mol. The molecule has 7 heteroatoms. The highest BCUT2D eigenvalue weighted by atomic mass is 16.7. The molecule has 0 amide bonds. The van der Waals surface area contributed by atoms with Crippen LogP contribution in [0.15, 0.2) is 11.1 Å². The lowest BCUT2D eigenvalue weighted by molar-refractivity contribution is -0.173. The van der Waals surface area contributed by atoms with Gasteiger partial charge in [-0.1, -0.05) is 13.8 Å². The number of terminal acetylenes is 2. The van der Waals surface area contributed by atoms with Gasteiger partial charge in [0.1, 0.15) is 35.6 Å². The maximum Gasteiger partial charge on any atom is 0.334 e. The number of aliphatic hydroxyl groups is 2. The Bertz CT molecular complexity index is 1110. The molecule has 0 radical (unpaired) electrons. The maximum atomic E-state index is 12.5. The third kappa shape index (κ3) is 1.80. The molecule has 7 nitrogen and oxygen atoms in total. The molecule has 33 heavy (non-hydrogen) atoms. The largest absolute Gasteiger partial charge is 0.458 e. The fraction of sp³-hybridized carbons (Fsp3) is 0.731. The Hall–Kier alpha value is -1.87. The van der Waals surface area contributed by atoms with Gasteiger partial charge in [-0.05, 0) is 30.8 Å². The van der Waals surface area contributed by atoms with E-state index in [0.717, 1.165) is 17.6 Å². The summed E-state index contributed by atoms with van der Waals surface area (Å²) in [5.41, 5.74) is -2.88. The van der Waals surface area contributed by atoms with E-state index >= 15 is 0 Å². The highest BCUT2D eigenvalue weighted by molar-refractivity contribution is 5.92. The van der Waals surface area contributed by atoms with Gasteiger partial charge in [-0.2, -0.15) is 0 Å². The smallest absolute Gasteiger partial charge is 0.334 e. The molecule has 2 N–H and O–H groups in total. The lowest BCUT2D eigenvalue weighted by Gasteiger charge is -2.56. The van der Waals surface area contributed by atoms with Gasteiger partial charge in [0, 0.05) is 29.7 Å². The van der Waals surface area contributed by atoms with Crippen LogP contribution in [0.4, 0.5) is 0 Å². The zero-order valence-electron chi connectivity index (χ0n) is 18.8. The van der Waals surface area contributed by atoms with E-state index in [0.29, 0.717) is 19.4 Å². The third-order valence-electron chi connectivity index (χ3n) is 10.5. The highest BCUT2D eigenvalue weighted by Crippen LogP contribution is 2.85. The van der Waals surface area contributed by atoms with Crippen molar-refractivity contribution in [3.63, 3.8) is 0 Å². The average molecular weight is 453 g/mol. The Labute approximate surface area is 192 Å². The second-order valence-electron chi connectivity index (χ2n) is 11.2. The monoisotopic (exact) mass is 452 g/mol. The number of epoxide rings is 3. The first kappa shape index (κ1) is 20.5. The Morgan fingerprint density at radius 3 is 2.70 bits per heavy atom. The number of carbonyl (C=O) groups is 1. The summed E-state index contributed by atoms with van der Waals surface area (Å²) in [5.74, 6) is 4.60. The van der Waals surface area contributed by atoms with Crippen molar-refractivity contribution in [3.05, 3.63) is 11.1 Å². The molecule has 0 aromatic heterocycles. The van der Waals surface area contributed by atoms with E-state index in [2.05, 4.69) is 18.8 Å². The molecule has 0 aromatic rings. The molecule has 7 aliphatic rings. The molecule has 4 heterocycles. The minimum absolute atomic E-state index is 0.0290. The Balaban J connectivity index is 1.37. The topological polar surface area (TPSA) is 104 Å². The molecule has 4 aliphatic heterocycles. The minimum Gasteiger partial charge on any atom is -0.458 e. The van der Waals surface area contributed by atoms with Gasteiger partial charge >= 0.3 is 5.97 Å². The minimum atomic E-state index is -1.53. The van der Waals surface area contributed by atoms with Crippen molar-refractivity contribution in [1.29, 1.82) is 0 Å². The standard InChI is InChI=1S/C26H28O7/c1-5-7-17(27)13(3)24-19(32-24)20-26(33-20)22(4)10-8-14-15(12-30-21(14)28)16(22)11-18-25(26,31-18)23(24,29)9-6-2/h1-2,13,16-20,27,29H,7-12H2,3-4H3/t13?,16-,17?,18-,19-,20-,22-,23?,24-,25+,26+/m0/s1. The molecule has 3 unspecified atom stereocenters. The van der Waals surface area contributed by atoms with Crippen molar-refractivity contribution in [1.82, 2.24) is 0 Å². The number of esters is 1. The van der Waals surface area contributed by atoms with E-state index in [1.54, 1.807) is 0 Å². The molecule has 0 aromatic carbocycles. The van der Waals surface area contributed by atoms with Crippen LogP contribution in [0.3, 0.4) is 0 Å². The van der Waals surface area contributed by atoms with E-state index in [-0.39, 0.29) is 42.4 Å². The van der Waals surface area contributed by atoms with Crippen molar-refractivity contribution < 1.29 is 34.0 Å². The van der Waals surface area contributed by atoms with Crippen LogP contribution in [0, 0.1) is 41.9 Å². The van der Waals surface area contributed by atoms with E-state index in [1.165, 1.54) is 0 Å². The SMILES string of the molecule is C#CCC(O)C(C)[C@]12O[C@H]1[C@@H]1O[C@@]13[C@@]1(C)CCC4=C(COC4=O)[C@@H]1C[C@@H]1O[C@@]13C2(O)CC#C. The summed E-state index contributed by atoms with van der Waals surface area (Å²) in [4.78, 5) is 12.3. The van der Waals surface area contributed by atoms with Crippen LogP contribution in [0.1, 0.15) is 46.0 Å². The van der Waals surface area contributed by atoms with E-state index in [1.807, 2.05) is 6.92 Å². The summed E-state index contributed by atoms with van der Waals surface area (Å²) in [7, 11) is 0. The summed E-state index contributed by atoms with van der Waals surface area (Å²) >= 11 is 0. The average Bonchev–Trinajstić information content (AvgIpc) is 3.68. The van der Waals surface area contributed by atoms with Crippen molar-refractivity contribution >= 4 is 5.97 Å². The van der Waals surface area contributed by atoms with Gasteiger partial charge in [0.15, 0.2) is 5.60 Å². The zero-order chi connectivity index (χ0) is 23.2. The van der Waals surface area contributed by atoms with Gasteiger partial charge < -0.3 is 29.2 Å². The number of ether oxygens (including phenoxy) is 4. The van der Waals surface area contributed by atoms with Crippen LogP contribution in [0.5, 0.6) is 0 Å². The molecule has 3 aliphatic carbocycles. The van der Waals surface area contributed by atoms with Crippen molar-refractivity contribution in [2.45, 2.75) is 92.8 Å². The molecule has 174 valence electrons. The van der Waals surface area contributed by atoms with Gasteiger partial charge in [0.25, 0.3) is 0 Å². The van der Waals surface area contributed by atoms with Crippen LogP contribution < -0.4 is 0 Å². The van der Waals surface area contributed by atoms with Crippen molar-refractivity contribution in [3.8, 4) is 24.7 Å². The first-order valence-corrected chi connectivity index (χ1v) is 11.9. The molecule has 5 fully saturated rings. The second kappa shape index (κ2) is 5.67. The van der Waals surface area contributed by atoms with Crippen LogP contribution in [-0.4, -0.2) is 69.6 Å². The predicted octanol–water partition coefficient (Wildman–Crippen LogP) is 0.861. The molecular weight excluding hydrogens is 424 g/mol. The summed E-state index contributed by atoms with van der Waals surface area (Å²) in [6, 6.07) is 0. The lowest BCUT2D eigenvalue weighted by Crippen LogP contribution is -2.75.